The summed E-state index contributed by atoms with van der Waals surface area (Å²) in [5.74, 6) is 0. The van der Waals surface area contributed by atoms with Crippen LogP contribution in [-0.4, -0.2) is 0 Å². The van der Waals surface area contributed by atoms with Gasteiger partial charge in [0, 0.05) is 0 Å². The maximum absolute atomic E-state index is 2.16. The molecule has 0 radical (unpaired) electrons. The molecule has 0 unspecified atom stereocenters. The molecule has 0 heterocycles. The molecule has 0 bridgehead atoms. The Kier molecular flexibility index (Phi) is 4.33. The van der Waals surface area contributed by atoms with Crippen molar-refractivity contribution in [3.8, 4) is 0 Å². The maximum atomic E-state index is 2.16. The van der Waals surface area contributed by atoms with E-state index in [1.807, 2.05) is 13.0 Å². The number of hydrogen-bond acceptors (Lipinski definition) is 0. The topological polar surface area (TPSA) is 0 Å². The molecule has 0 aliphatic rings. The van der Waals surface area contributed by atoms with E-state index in [9.17, 15) is 0 Å². The van der Waals surface area contributed by atoms with E-state index in [4.69, 9.17) is 0 Å². The molecular weight excluding hydrogens is 96.1 g/mol. The first-order chi connectivity index (χ1) is 3.81. The van der Waals surface area contributed by atoms with Crippen molar-refractivity contribution >= 4 is 0 Å². The van der Waals surface area contributed by atoms with Gasteiger partial charge in [0.25, 0.3) is 0 Å². The van der Waals surface area contributed by atoms with Crippen molar-refractivity contribution in [1.29, 1.82) is 0 Å². The Bertz CT molecular complexity index is 96.6. The van der Waals surface area contributed by atoms with Crippen LogP contribution < -0.4 is 0 Å². The fourth-order valence-electron chi connectivity index (χ4n) is 0.378. The molecule has 0 nitrogen and oxygen atoms in total. The first-order valence-corrected chi connectivity index (χ1v) is 3.09. The minimum atomic E-state index is 1.16. The lowest BCUT2D eigenvalue weighted by Crippen LogP contribution is -1.66. The second-order valence-corrected chi connectivity index (χ2v) is 1.89. The van der Waals surface area contributed by atoms with Crippen LogP contribution in [0.15, 0.2) is 23.8 Å². The smallest absolute Gasteiger partial charge is 0.0349 e. The van der Waals surface area contributed by atoms with Gasteiger partial charge >= 0.3 is 0 Å². The highest BCUT2D eigenvalue weighted by Crippen LogP contribution is 1.96. The average Bonchev–Trinajstić information content (AvgIpc) is 1.83. The molecule has 0 saturated carbocycles. The summed E-state index contributed by atoms with van der Waals surface area (Å²) in [5, 5.41) is 0. The van der Waals surface area contributed by atoms with Crippen molar-refractivity contribution < 1.29 is 0 Å². The lowest BCUT2D eigenvalue weighted by molar-refractivity contribution is 1.10. The zero-order valence-corrected chi connectivity index (χ0v) is 5.94. The third kappa shape index (κ3) is 3.66. The monoisotopic (exact) mass is 110 g/mol. The van der Waals surface area contributed by atoms with Crippen molar-refractivity contribution in [2.45, 2.75) is 27.2 Å². The van der Waals surface area contributed by atoms with Crippen LogP contribution in [0.4, 0.5) is 0 Å². The van der Waals surface area contributed by atoms with E-state index in [2.05, 4.69) is 26.0 Å². The van der Waals surface area contributed by atoms with Crippen LogP contribution in [0.2, 0.25) is 0 Å². The maximum Gasteiger partial charge on any atom is -0.0349 e. The highest BCUT2D eigenvalue weighted by atomic mass is 13.8. The largest absolute Gasteiger partial charge is 0.0877 e. The van der Waals surface area contributed by atoms with E-state index in [0.717, 1.165) is 6.42 Å². The first-order valence-electron chi connectivity index (χ1n) is 3.09. The van der Waals surface area contributed by atoms with Crippen molar-refractivity contribution in [3.63, 3.8) is 0 Å². The fourth-order valence-corrected chi connectivity index (χ4v) is 0.378. The molecule has 0 heteroatoms. The highest BCUT2D eigenvalue weighted by molar-refractivity contribution is 5.08. The third-order valence-electron chi connectivity index (χ3n) is 1.13. The van der Waals surface area contributed by atoms with Gasteiger partial charge in [-0.1, -0.05) is 30.7 Å². The van der Waals surface area contributed by atoms with Gasteiger partial charge in [0.2, 0.25) is 0 Å². The summed E-state index contributed by atoms with van der Waals surface area (Å²) in [6.45, 7) is 6.33. The van der Waals surface area contributed by atoms with Gasteiger partial charge < -0.3 is 0 Å². The minimum absolute atomic E-state index is 1.16. The van der Waals surface area contributed by atoms with Gasteiger partial charge in [-0.3, -0.25) is 0 Å². The van der Waals surface area contributed by atoms with Gasteiger partial charge in [-0.05, 0) is 20.3 Å². The van der Waals surface area contributed by atoms with Gasteiger partial charge in [-0.2, -0.15) is 0 Å². The molecule has 0 N–H and O–H groups in total. The van der Waals surface area contributed by atoms with Gasteiger partial charge in [0.1, 0.15) is 0 Å². The molecule has 0 atom stereocenters. The van der Waals surface area contributed by atoms with Crippen molar-refractivity contribution in [3.05, 3.63) is 23.8 Å². The summed E-state index contributed by atoms with van der Waals surface area (Å²) >= 11 is 0. The van der Waals surface area contributed by atoms with E-state index in [1.54, 1.807) is 0 Å². The second-order valence-electron chi connectivity index (χ2n) is 1.89. The van der Waals surface area contributed by atoms with Crippen LogP contribution in [0, 0.1) is 0 Å². The van der Waals surface area contributed by atoms with E-state index in [0.29, 0.717) is 0 Å². The highest BCUT2D eigenvalue weighted by Gasteiger charge is 1.75. The summed E-state index contributed by atoms with van der Waals surface area (Å²) in [6.07, 6.45) is 7.41. The van der Waals surface area contributed by atoms with Gasteiger partial charge in [0.05, 0.1) is 0 Å². The van der Waals surface area contributed by atoms with E-state index < -0.39 is 0 Å². The number of rotatable bonds is 2. The van der Waals surface area contributed by atoms with E-state index in [1.165, 1.54) is 5.57 Å². The predicted molar refractivity (Wildman–Crippen MR) is 38.9 cm³/mol. The summed E-state index contributed by atoms with van der Waals surface area (Å²) in [5.41, 5.74) is 1.43. The molecule has 0 aromatic rings. The second kappa shape index (κ2) is 4.63. The van der Waals surface area contributed by atoms with Crippen LogP contribution in [0.25, 0.3) is 0 Å². The molecular formula is C8H14. The normalized spacial score (nSPS) is 13.1. The molecule has 0 aliphatic heterocycles. The SMILES string of the molecule is C/C=C/C=C(/C)CC. The number of hydrogen-bond donors (Lipinski definition) is 0. The quantitative estimate of drug-likeness (QED) is 0.479. The van der Waals surface area contributed by atoms with Crippen molar-refractivity contribution in [2.24, 2.45) is 0 Å². The molecule has 8 heavy (non-hydrogen) atoms. The first kappa shape index (κ1) is 7.48. The fraction of sp³-hybridized carbons (Fsp3) is 0.500. The van der Waals surface area contributed by atoms with Crippen LogP contribution in [0.5, 0.6) is 0 Å². The Balaban J connectivity index is 3.57. The number of allylic oxidation sites excluding steroid dienone is 4. The van der Waals surface area contributed by atoms with Crippen molar-refractivity contribution in [1.82, 2.24) is 0 Å². The van der Waals surface area contributed by atoms with E-state index in [-0.39, 0.29) is 0 Å². The summed E-state index contributed by atoms with van der Waals surface area (Å²) in [6, 6.07) is 0. The molecule has 0 aliphatic carbocycles. The van der Waals surface area contributed by atoms with Gasteiger partial charge in [0.15, 0.2) is 0 Å². The Morgan fingerprint density at radius 1 is 1.50 bits per heavy atom. The lowest BCUT2D eigenvalue weighted by atomic mass is 10.2. The molecule has 0 amide bonds. The van der Waals surface area contributed by atoms with Gasteiger partial charge in [-0.25, -0.2) is 0 Å². The summed E-state index contributed by atoms with van der Waals surface area (Å²) in [4.78, 5) is 0. The Morgan fingerprint density at radius 3 is 2.50 bits per heavy atom. The van der Waals surface area contributed by atoms with Crippen molar-refractivity contribution in [2.75, 3.05) is 0 Å². The zero-order chi connectivity index (χ0) is 6.41. The Labute approximate surface area is 51.9 Å². The molecule has 0 fully saturated rings. The predicted octanol–water partition coefficient (Wildman–Crippen LogP) is 2.92. The third-order valence-corrected chi connectivity index (χ3v) is 1.13. The zero-order valence-electron chi connectivity index (χ0n) is 5.94. The molecule has 0 rings (SSSR count). The average molecular weight is 110 g/mol. The summed E-state index contributed by atoms with van der Waals surface area (Å²) < 4.78 is 0. The molecule has 0 aromatic carbocycles. The molecule has 0 spiro atoms. The van der Waals surface area contributed by atoms with E-state index >= 15 is 0 Å². The van der Waals surface area contributed by atoms with Gasteiger partial charge in [-0.15, -0.1) is 0 Å². The van der Waals surface area contributed by atoms with Crippen LogP contribution >= 0.6 is 0 Å². The molecule has 0 saturated heterocycles. The van der Waals surface area contributed by atoms with Crippen LogP contribution in [0.1, 0.15) is 27.2 Å². The molecule has 46 valence electrons. The lowest BCUT2D eigenvalue weighted by Gasteiger charge is -1.87. The Hall–Kier alpha value is -0.520. The standard InChI is InChI=1S/C8H14/c1-4-6-7-8(3)5-2/h4,6-7H,5H2,1-3H3/b6-4+,8-7-. The molecule has 0 aromatic heterocycles. The summed E-state index contributed by atoms with van der Waals surface area (Å²) in [7, 11) is 0. The Morgan fingerprint density at radius 2 is 2.12 bits per heavy atom. The van der Waals surface area contributed by atoms with Crippen LogP contribution in [0.3, 0.4) is 0 Å². The minimum Gasteiger partial charge on any atom is -0.0877 e. The van der Waals surface area contributed by atoms with Crippen LogP contribution in [-0.2, 0) is 0 Å².